The number of piperazine rings is 1. The fourth-order valence-corrected chi connectivity index (χ4v) is 5.60. The molecule has 0 atom stereocenters. The molecule has 168 valence electrons. The van der Waals surface area contributed by atoms with E-state index in [0.717, 1.165) is 25.7 Å². The van der Waals surface area contributed by atoms with Gasteiger partial charge in [0.2, 0.25) is 0 Å². The summed E-state index contributed by atoms with van der Waals surface area (Å²) in [7, 11) is -3.46. The average molecular weight is 440 g/mol. The van der Waals surface area contributed by atoms with Crippen molar-refractivity contribution < 1.29 is 22.7 Å². The van der Waals surface area contributed by atoms with Gasteiger partial charge in [0, 0.05) is 44.8 Å². The van der Waals surface area contributed by atoms with Crippen molar-refractivity contribution in [1.82, 2.24) is 13.5 Å². The molecule has 1 aromatic carbocycles. The zero-order chi connectivity index (χ0) is 21.6. The van der Waals surface area contributed by atoms with Gasteiger partial charge >= 0.3 is 0 Å². The van der Waals surface area contributed by atoms with Crippen LogP contribution < -0.4 is 9.47 Å². The van der Waals surface area contributed by atoms with E-state index in [0.29, 0.717) is 69.5 Å². The van der Waals surface area contributed by atoms with E-state index in [9.17, 15) is 13.2 Å². The van der Waals surface area contributed by atoms with E-state index >= 15 is 0 Å². The Balaban J connectivity index is 1.64. The number of benzene rings is 1. The van der Waals surface area contributed by atoms with E-state index in [1.807, 2.05) is 13.8 Å². The van der Waals surface area contributed by atoms with Gasteiger partial charge in [-0.3, -0.25) is 4.79 Å². The van der Waals surface area contributed by atoms with Gasteiger partial charge in [-0.15, -0.1) is 0 Å². The Hall–Kier alpha value is -1.84. The number of hydrogen-bond donors (Lipinski definition) is 0. The largest absolute Gasteiger partial charge is 0.490 e. The van der Waals surface area contributed by atoms with Crippen LogP contribution in [0, 0.1) is 0 Å². The fourth-order valence-electron chi connectivity index (χ4n) is 3.92. The summed E-state index contributed by atoms with van der Waals surface area (Å²) in [5, 5.41) is 0. The second-order valence-electron chi connectivity index (χ2n) is 7.54. The molecule has 1 aromatic rings. The molecule has 0 aromatic heterocycles. The zero-order valence-electron chi connectivity index (χ0n) is 18.0. The molecule has 2 heterocycles. The maximum atomic E-state index is 13.0. The Morgan fingerprint density at radius 1 is 0.833 bits per heavy atom. The lowest BCUT2D eigenvalue weighted by Gasteiger charge is -2.36. The summed E-state index contributed by atoms with van der Waals surface area (Å²) in [6.07, 6.45) is 4.00. The highest BCUT2D eigenvalue weighted by Gasteiger charge is 2.33. The van der Waals surface area contributed by atoms with Crippen molar-refractivity contribution in [2.45, 2.75) is 39.5 Å². The molecule has 9 heteroatoms. The molecular weight excluding hydrogens is 406 g/mol. The van der Waals surface area contributed by atoms with E-state index in [1.54, 1.807) is 27.4 Å². The number of ether oxygens (including phenoxy) is 2. The Morgan fingerprint density at radius 3 is 2.00 bits per heavy atom. The number of carbonyl (C=O) groups is 1. The van der Waals surface area contributed by atoms with E-state index < -0.39 is 10.2 Å². The fraction of sp³-hybridized carbons (Fsp3) is 0.667. The quantitative estimate of drug-likeness (QED) is 0.652. The molecule has 8 nitrogen and oxygen atoms in total. The van der Waals surface area contributed by atoms with Crippen LogP contribution in [0.4, 0.5) is 0 Å². The van der Waals surface area contributed by atoms with Gasteiger partial charge in [-0.1, -0.05) is 12.8 Å². The molecule has 2 aliphatic rings. The highest BCUT2D eigenvalue weighted by atomic mass is 32.2. The lowest BCUT2D eigenvalue weighted by molar-refractivity contribution is 0.0693. The molecule has 0 radical (unpaired) electrons. The van der Waals surface area contributed by atoms with Crippen LogP contribution >= 0.6 is 0 Å². The minimum Gasteiger partial charge on any atom is -0.490 e. The third-order valence-electron chi connectivity index (χ3n) is 5.53. The molecule has 2 saturated heterocycles. The van der Waals surface area contributed by atoms with E-state index in [4.69, 9.17) is 9.47 Å². The lowest BCUT2D eigenvalue weighted by Crippen LogP contribution is -2.54. The third-order valence-corrected chi connectivity index (χ3v) is 7.57. The standard InChI is InChI=1S/C21H33N3O5S/c1-3-28-19-10-9-18(17-20(19)29-4-2)21(25)22-13-15-24(16-14-22)30(26,27)23-11-7-5-6-8-12-23/h9-10,17H,3-8,11-16H2,1-2H3. The second kappa shape index (κ2) is 10.5. The van der Waals surface area contributed by atoms with Gasteiger partial charge in [-0.2, -0.15) is 17.0 Å². The Labute approximate surface area is 179 Å². The molecule has 2 aliphatic heterocycles. The average Bonchev–Trinajstić information content (AvgIpc) is 3.05. The van der Waals surface area contributed by atoms with Crippen LogP contribution in [0.5, 0.6) is 11.5 Å². The summed E-state index contributed by atoms with van der Waals surface area (Å²) >= 11 is 0. The monoisotopic (exact) mass is 439 g/mol. The smallest absolute Gasteiger partial charge is 0.282 e. The third kappa shape index (κ3) is 5.25. The molecule has 3 rings (SSSR count). The molecule has 30 heavy (non-hydrogen) atoms. The highest BCUT2D eigenvalue weighted by molar-refractivity contribution is 7.86. The van der Waals surface area contributed by atoms with E-state index in [1.165, 1.54) is 4.31 Å². The summed E-state index contributed by atoms with van der Waals surface area (Å²) in [4.78, 5) is 14.7. The molecule has 0 unspecified atom stereocenters. The normalized spacial score (nSPS) is 19.3. The van der Waals surface area contributed by atoms with Gasteiger partial charge < -0.3 is 14.4 Å². The van der Waals surface area contributed by atoms with Crippen LogP contribution in [0.3, 0.4) is 0 Å². The molecule has 2 fully saturated rings. The van der Waals surface area contributed by atoms with E-state index in [2.05, 4.69) is 0 Å². The number of hydrogen-bond acceptors (Lipinski definition) is 5. The van der Waals surface area contributed by atoms with Gasteiger partial charge in [0.05, 0.1) is 13.2 Å². The number of rotatable bonds is 7. The van der Waals surface area contributed by atoms with Crippen molar-refractivity contribution >= 4 is 16.1 Å². The first-order chi connectivity index (χ1) is 14.5. The molecule has 1 amide bonds. The Bertz CT molecular complexity index is 814. The molecule has 0 N–H and O–H groups in total. The van der Waals surface area contributed by atoms with Crippen LogP contribution in [-0.4, -0.2) is 80.3 Å². The molecule has 0 saturated carbocycles. The highest BCUT2D eigenvalue weighted by Crippen LogP contribution is 2.29. The van der Waals surface area contributed by atoms with Crippen LogP contribution in [0.2, 0.25) is 0 Å². The summed E-state index contributed by atoms with van der Waals surface area (Å²) in [5.41, 5.74) is 0.519. The predicted octanol–water partition coefficient (Wildman–Crippen LogP) is 2.36. The predicted molar refractivity (Wildman–Crippen MR) is 115 cm³/mol. The molecule has 0 bridgehead atoms. The summed E-state index contributed by atoms with van der Waals surface area (Å²) < 4.78 is 40.3. The first-order valence-corrected chi connectivity index (χ1v) is 12.3. The van der Waals surface area contributed by atoms with Crippen molar-refractivity contribution in [2.24, 2.45) is 0 Å². The van der Waals surface area contributed by atoms with Crippen molar-refractivity contribution in [3.63, 3.8) is 0 Å². The first-order valence-electron chi connectivity index (χ1n) is 10.9. The van der Waals surface area contributed by atoms with Crippen LogP contribution in [0.1, 0.15) is 49.9 Å². The van der Waals surface area contributed by atoms with Crippen molar-refractivity contribution in [3.8, 4) is 11.5 Å². The van der Waals surface area contributed by atoms with Gasteiger partial charge in [0.15, 0.2) is 11.5 Å². The summed E-state index contributed by atoms with van der Waals surface area (Å²) in [6.45, 7) is 7.35. The van der Waals surface area contributed by atoms with Crippen molar-refractivity contribution in [2.75, 3.05) is 52.5 Å². The van der Waals surface area contributed by atoms with Gasteiger partial charge in [-0.25, -0.2) is 0 Å². The number of amides is 1. The van der Waals surface area contributed by atoms with Gasteiger partial charge in [0.25, 0.3) is 16.1 Å². The molecule has 0 spiro atoms. The first kappa shape index (κ1) is 22.8. The SMILES string of the molecule is CCOc1ccc(C(=O)N2CCN(S(=O)(=O)N3CCCCCC3)CC2)cc1OCC. The summed E-state index contributed by atoms with van der Waals surface area (Å²) in [6, 6.07) is 5.19. The molecule has 0 aliphatic carbocycles. The topological polar surface area (TPSA) is 79.4 Å². The lowest BCUT2D eigenvalue weighted by atomic mass is 10.1. The van der Waals surface area contributed by atoms with Gasteiger partial charge in [-0.05, 0) is 44.9 Å². The Kier molecular flexibility index (Phi) is 7.96. The number of nitrogens with zero attached hydrogens (tertiary/aromatic N) is 3. The minimum absolute atomic E-state index is 0.120. The van der Waals surface area contributed by atoms with Crippen LogP contribution in [0.15, 0.2) is 18.2 Å². The maximum Gasteiger partial charge on any atom is 0.282 e. The van der Waals surface area contributed by atoms with Crippen LogP contribution in [0.25, 0.3) is 0 Å². The van der Waals surface area contributed by atoms with Crippen LogP contribution in [-0.2, 0) is 10.2 Å². The minimum atomic E-state index is -3.46. The van der Waals surface area contributed by atoms with Gasteiger partial charge in [0.1, 0.15) is 0 Å². The Morgan fingerprint density at radius 2 is 1.40 bits per heavy atom. The number of carbonyl (C=O) groups excluding carboxylic acids is 1. The second-order valence-corrected chi connectivity index (χ2v) is 9.47. The molecular formula is C21H33N3O5S. The summed E-state index contributed by atoms with van der Waals surface area (Å²) in [5.74, 6) is 1.04. The van der Waals surface area contributed by atoms with Crippen molar-refractivity contribution in [1.29, 1.82) is 0 Å². The van der Waals surface area contributed by atoms with E-state index in [-0.39, 0.29) is 5.91 Å². The van der Waals surface area contributed by atoms with Crippen molar-refractivity contribution in [3.05, 3.63) is 23.8 Å². The zero-order valence-corrected chi connectivity index (χ0v) is 18.8. The maximum absolute atomic E-state index is 13.0.